The number of rotatable bonds is 7. The van der Waals surface area contributed by atoms with Gasteiger partial charge in [-0.3, -0.25) is 8.80 Å². The Morgan fingerprint density at radius 3 is 1.33 bits per heavy atom. The first kappa shape index (κ1) is 36.6. The molecule has 0 bridgehead atoms. The third-order valence-corrected chi connectivity index (χ3v) is 12.6. The van der Waals surface area contributed by atoms with E-state index < -0.39 is 0 Å². The highest BCUT2D eigenvalue weighted by Crippen LogP contribution is 2.49. The Bertz CT molecular complexity index is 3330. The van der Waals surface area contributed by atoms with E-state index in [-0.39, 0.29) is 5.41 Å². The van der Waals surface area contributed by atoms with Crippen molar-refractivity contribution in [1.29, 1.82) is 0 Å². The predicted octanol–water partition coefficient (Wildman–Crippen LogP) is 13.7. The minimum absolute atomic E-state index is 0.152. The van der Waals surface area contributed by atoms with Crippen LogP contribution in [0.5, 0.6) is 0 Å². The van der Waals surface area contributed by atoms with Gasteiger partial charge >= 0.3 is 0 Å². The summed E-state index contributed by atoms with van der Waals surface area (Å²) in [6, 6.07) is 68.1. The number of benzene rings is 6. The van der Waals surface area contributed by atoms with E-state index >= 15 is 0 Å². The Kier molecular flexibility index (Phi) is 8.41. The van der Waals surface area contributed by atoms with Crippen LogP contribution in [0.2, 0.25) is 0 Å². The molecular weight excluding hydrogens is 769 g/mol. The molecule has 1 aliphatic rings. The van der Waals surface area contributed by atoms with Crippen molar-refractivity contribution >= 4 is 11.3 Å². The Morgan fingerprint density at radius 2 is 0.794 bits per heavy atom. The summed E-state index contributed by atoms with van der Waals surface area (Å²) in [5.74, 6) is 0.687. The van der Waals surface area contributed by atoms with E-state index in [1.807, 2.05) is 24.3 Å². The van der Waals surface area contributed by atoms with Gasteiger partial charge in [-0.2, -0.15) is 0 Å². The van der Waals surface area contributed by atoms with Gasteiger partial charge in [-0.15, -0.1) is 0 Å². The molecule has 5 aromatic heterocycles. The van der Waals surface area contributed by atoms with Gasteiger partial charge in [-0.1, -0.05) is 172 Å². The Hall–Kier alpha value is -8.22. The molecule has 0 aliphatic heterocycles. The average molecular weight is 809 g/mol. The predicted molar refractivity (Wildman–Crippen MR) is 255 cm³/mol. The van der Waals surface area contributed by atoms with Crippen LogP contribution in [-0.2, 0) is 5.41 Å². The molecule has 0 saturated carbocycles. The van der Waals surface area contributed by atoms with E-state index in [2.05, 4.69) is 205 Å². The molecule has 0 atom stereocenters. The first-order valence-corrected chi connectivity index (χ1v) is 21.4. The highest BCUT2D eigenvalue weighted by atomic mass is 15.0. The normalized spacial score (nSPS) is 12.7. The number of fused-ring (bicyclic) bond motifs is 5. The zero-order valence-electron chi connectivity index (χ0n) is 34.8. The SMILES string of the molecule is CC1(C)c2ccccc2-c2ccc(-c3nc(-c4ccc(-c5c(-c6ccccc6)nc6ccccn56)cc4)cc(-c4ccc(-c5c(-c6ccccc6)nc6ccccn56)cc4)n3)cc21. The Morgan fingerprint density at radius 1 is 0.349 bits per heavy atom. The molecule has 0 saturated heterocycles. The third kappa shape index (κ3) is 6.10. The van der Waals surface area contributed by atoms with E-state index in [9.17, 15) is 0 Å². The monoisotopic (exact) mass is 808 g/mol. The Balaban J connectivity index is 0.984. The van der Waals surface area contributed by atoms with Crippen molar-refractivity contribution in [3.8, 4) is 90.1 Å². The van der Waals surface area contributed by atoms with Gasteiger partial charge in [0, 0.05) is 56.8 Å². The van der Waals surface area contributed by atoms with E-state index in [0.29, 0.717) is 5.82 Å². The zero-order chi connectivity index (χ0) is 42.1. The molecule has 6 heteroatoms. The van der Waals surface area contributed by atoms with E-state index in [0.717, 1.165) is 84.4 Å². The molecule has 0 fully saturated rings. The standard InChI is InChI=1S/C57H40N6/c1-57(2)46-20-10-9-19-44(46)45-32-31-43(35-47(45)57)56-58-48(37-23-27-41(28-24-37)54-52(39-15-5-3-6-16-39)60-50-21-11-13-33-62(50)54)36-49(59-56)38-25-29-42(30-26-38)55-53(40-17-7-4-8-18-40)61-51-22-12-14-34-63(51)55/h3-36H,1-2H3. The molecule has 5 heterocycles. The summed E-state index contributed by atoms with van der Waals surface area (Å²) in [6.45, 7) is 4.63. The van der Waals surface area contributed by atoms with Crippen LogP contribution in [0.15, 0.2) is 207 Å². The second kappa shape index (κ2) is 14.5. The van der Waals surface area contributed by atoms with Gasteiger partial charge in [0.2, 0.25) is 0 Å². The van der Waals surface area contributed by atoms with Crippen molar-refractivity contribution in [2.75, 3.05) is 0 Å². The van der Waals surface area contributed by atoms with Crippen molar-refractivity contribution < 1.29 is 0 Å². The summed E-state index contributed by atoms with van der Waals surface area (Å²) >= 11 is 0. The molecule has 0 spiro atoms. The smallest absolute Gasteiger partial charge is 0.160 e. The number of hydrogen-bond donors (Lipinski definition) is 0. The molecule has 63 heavy (non-hydrogen) atoms. The highest BCUT2D eigenvalue weighted by molar-refractivity contribution is 5.86. The highest BCUT2D eigenvalue weighted by Gasteiger charge is 2.35. The number of aromatic nitrogens is 6. The van der Waals surface area contributed by atoms with Crippen LogP contribution in [-0.4, -0.2) is 28.7 Å². The van der Waals surface area contributed by atoms with Gasteiger partial charge in [0.05, 0.1) is 34.2 Å². The van der Waals surface area contributed by atoms with E-state index in [1.165, 1.54) is 22.3 Å². The topological polar surface area (TPSA) is 60.4 Å². The fourth-order valence-corrected chi connectivity index (χ4v) is 9.45. The number of imidazole rings is 2. The summed E-state index contributed by atoms with van der Waals surface area (Å²) in [7, 11) is 0. The van der Waals surface area contributed by atoms with Gasteiger partial charge in [-0.25, -0.2) is 19.9 Å². The molecule has 0 N–H and O–H groups in total. The van der Waals surface area contributed by atoms with Crippen molar-refractivity contribution in [2.45, 2.75) is 19.3 Å². The maximum absolute atomic E-state index is 5.33. The molecule has 0 radical (unpaired) electrons. The molecular formula is C57H40N6. The summed E-state index contributed by atoms with van der Waals surface area (Å²) in [4.78, 5) is 20.8. The van der Waals surface area contributed by atoms with Crippen LogP contribution >= 0.6 is 0 Å². The molecule has 1 aliphatic carbocycles. The van der Waals surface area contributed by atoms with Gasteiger partial charge in [0.1, 0.15) is 11.3 Å². The van der Waals surface area contributed by atoms with Crippen LogP contribution in [0.1, 0.15) is 25.0 Å². The minimum atomic E-state index is -0.152. The lowest BCUT2D eigenvalue weighted by atomic mass is 9.82. The van der Waals surface area contributed by atoms with Crippen LogP contribution < -0.4 is 0 Å². The lowest BCUT2D eigenvalue weighted by molar-refractivity contribution is 0.660. The van der Waals surface area contributed by atoms with Gasteiger partial charge in [-0.05, 0) is 58.7 Å². The van der Waals surface area contributed by atoms with Crippen molar-refractivity contribution in [2.24, 2.45) is 0 Å². The maximum atomic E-state index is 5.33. The lowest BCUT2D eigenvalue weighted by Gasteiger charge is -2.21. The lowest BCUT2D eigenvalue weighted by Crippen LogP contribution is -2.15. The van der Waals surface area contributed by atoms with Gasteiger partial charge < -0.3 is 0 Å². The van der Waals surface area contributed by atoms with Crippen LogP contribution in [0.25, 0.3) is 101 Å². The molecule has 0 amide bonds. The molecule has 12 rings (SSSR count). The number of hydrogen-bond acceptors (Lipinski definition) is 4. The van der Waals surface area contributed by atoms with Crippen molar-refractivity contribution in [3.63, 3.8) is 0 Å². The summed E-state index contributed by atoms with van der Waals surface area (Å²) in [6.07, 6.45) is 4.17. The van der Waals surface area contributed by atoms with E-state index in [1.54, 1.807) is 0 Å². The summed E-state index contributed by atoms with van der Waals surface area (Å²) in [5.41, 5.74) is 19.9. The fraction of sp³-hybridized carbons (Fsp3) is 0.0526. The summed E-state index contributed by atoms with van der Waals surface area (Å²) < 4.78 is 4.34. The number of pyridine rings is 2. The molecule has 11 aromatic rings. The third-order valence-electron chi connectivity index (χ3n) is 12.6. The summed E-state index contributed by atoms with van der Waals surface area (Å²) in [5, 5.41) is 0. The zero-order valence-corrected chi connectivity index (χ0v) is 34.8. The van der Waals surface area contributed by atoms with E-state index in [4.69, 9.17) is 19.9 Å². The van der Waals surface area contributed by atoms with Gasteiger partial charge in [0.15, 0.2) is 5.82 Å². The second-order valence-electron chi connectivity index (χ2n) is 16.8. The average Bonchev–Trinajstić information content (AvgIpc) is 4.00. The first-order valence-electron chi connectivity index (χ1n) is 21.4. The second-order valence-corrected chi connectivity index (χ2v) is 16.8. The molecule has 6 aromatic carbocycles. The van der Waals surface area contributed by atoms with Crippen LogP contribution in [0.4, 0.5) is 0 Å². The van der Waals surface area contributed by atoms with Gasteiger partial charge in [0.25, 0.3) is 0 Å². The van der Waals surface area contributed by atoms with Crippen molar-refractivity contribution in [3.05, 3.63) is 218 Å². The van der Waals surface area contributed by atoms with Crippen molar-refractivity contribution in [1.82, 2.24) is 28.7 Å². The minimum Gasteiger partial charge on any atom is -0.299 e. The molecule has 0 unspecified atom stereocenters. The largest absolute Gasteiger partial charge is 0.299 e. The Labute approximate surface area is 365 Å². The fourth-order valence-electron chi connectivity index (χ4n) is 9.45. The first-order chi connectivity index (χ1) is 31.0. The quantitative estimate of drug-likeness (QED) is 0.161. The number of nitrogens with zero attached hydrogens (tertiary/aromatic N) is 6. The maximum Gasteiger partial charge on any atom is 0.160 e. The van der Waals surface area contributed by atoms with Crippen LogP contribution in [0, 0.1) is 0 Å². The van der Waals surface area contributed by atoms with Crippen LogP contribution in [0.3, 0.4) is 0 Å². The molecule has 6 nitrogen and oxygen atoms in total. The molecule has 298 valence electrons.